The Balaban J connectivity index is 2.15. The second-order valence-electron chi connectivity index (χ2n) is 5.40. The average molecular weight is 268 g/mol. The fourth-order valence-corrected chi connectivity index (χ4v) is 2.36. The number of aromatic amines is 1. The summed E-state index contributed by atoms with van der Waals surface area (Å²) < 4.78 is 11.0. The van der Waals surface area contributed by atoms with E-state index in [0.29, 0.717) is 31.1 Å². The number of rotatable bonds is 3. The first kappa shape index (κ1) is 14.0. The third kappa shape index (κ3) is 3.10. The van der Waals surface area contributed by atoms with E-state index in [9.17, 15) is 4.79 Å². The number of methoxy groups -OCH3 is 1. The van der Waals surface area contributed by atoms with Crippen LogP contribution < -0.4 is 0 Å². The highest BCUT2D eigenvalue weighted by Gasteiger charge is 2.36. The number of aromatic nitrogens is 3. The van der Waals surface area contributed by atoms with Crippen molar-refractivity contribution < 1.29 is 14.3 Å². The molecule has 0 aromatic carbocycles. The second-order valence-corrected chi connectivity index (χ2v) is 5.40. The highest BCUT2D eigenvalue weighted by Crippen LogP contribution is 2.22. The van der Waals surface area contributed by atoms with Gasteiger partial charge in [-0.1, -0.05) is 0 Å². The molecule has 1 atom stereocenters. The van der Waals surface area contributed by atoms with Crippen LogP contribution in [0.2, 0.25) is 0 Å². The summed E-state index contributed by atoms with van der Waals surface area (Å²) in [5.41, 5.74) is 0.584. The zero-order valence-electron chi connectivity index (χ0n) is 11.8. The Morgan fingerprint density at radius 2 is 2.32 bits per heavy atom. The highest BCUT2D eigenvalue weighted by molar-refractivity contribution is 5.93. The van der Waals surface area contributed by atoms with Gasteiger partial charge in [0.1, 0.15) is 0 Å². The largest absolute Gasteiger partial charge is 0.382 e. The summed E-state index contributed by atoms with van der Waals surface area (Å²) in [5.74, 6) is -0.122. The van der Waals surface area contributed by atoms with Crippen LogP contribution in [0.4, 0.5) is 0 Å². The van der Waals surface area contributed by atoms with Gasteiger partial charge in [-0.15, -0.1) is 0 Å². The molecule has 7 nitrogen and oxygen atoms in total. The third-order valence-electron chi connectivity index (χ3n) is 3.05. The first-order chi connectivity index (χ1) is 8.93. The van der Waals surface area contributed by atoms with E-state index >= 15 is 0 Å². The molecular weight excluding hydrogens is 248 g/mol. The predicted molar refractivity (Wildman–Crippen MR) is 67.9 cm³/mol. The maximum Gasteiger partial charge on any atom is 0.276 e. The molecule has 0 spiro atoms. The molecule has 0 saturated carbocycles. The standard InChI is InChI=1S/C12H20N4O3/c1-8-10(14-15-13-8)11(17)16-5-9(6-18-4)19-12(2,3)7-16/h9H,5-7H2,1-4H3,(H,13,14,15)/t9-/m1/s1. The summed E-state index contributed by atoms with van der Waals surface area (Å²) in [4.78, 5) is 14.2. The van der Waals surface area contributed by atoms with Crippen LogP contribution in [0.3, 0.4) is 0 Å². The number of carbonyl (C=O) groups is 1. The number of carbonyl (C=O) groups excluding carboxylic acids is 1. The van der Waals surface area contributed by atoms with Gasteiger partial charge in [0.2, 0.25) is 0 Å². The molecule has 1 fully saturated rings. The van der Waals surface area contributed by atoms with Crippen LogP contribution in [0, 0.1) is 6.92 Å². The Kier molecular flexibility index (Phi) is 3.86. The number of nitrogens with zero attached hydrogens (tertiary/aromatic N) is 3. The summed E-state index contributed by atoms with van der Waals surface area (Å²) >= 11 is 0. The minimum Gasteiger partial charge on any atom is -0.382 e. The number of aryl methyl sites for hydroxylation is 1. The topological polar surface area (TPSA) is 80.3 Å². The summed E-state index contributed by atoms with van der Waals surface area (Å²) in [6.45, 7) is 7.18. The molecule has 1 aliphatic rings. The van der Waals surface area contributed by atoms with Crippen molar-refractivity contribution in [3.8, 4) is 0 Å². The molecule has 106 valence electrons. The molecule has 1 N–H and O–H groups in total. The fourth-order valence-electron chi connectivity index (χ4n) is 2.36. The molecule has 2 rings (SSSR count). The maximum absolute atomic E-state index is 12.4. The third-order valence-corrected chi connectivity index (χ3v) is 3.05. The van der Waals surface area contributed by atoms with Crippen LogP contribution >= 0.6 is 0 Å². The molecule has 1 aromatic rings. The van der Waals surface area contributed by atoms with Gasteiger partial charge in [-0.05, 0) is 20.8 Å². The Morgan fingerprint density at radius 3 is 2.89 bits per heavy atom. The minimum absolute atomic E-state index is 0.120. The Labute approximate surface area is 112 Å². The monoisotopic (exact) mass is 268 g/mol. The molecule has 1 saturated heterocycles. The van der Waals surface area contributed by atoms with Gasteiger partial charge in [0.15, 0.2) is 5.69 Å². The van der Waals surface area contributed by atoms with E-state index in [1.54, 1.807) is 18.9 Å². The lowest BCUT2D eigenvalue weighted by Crippen LogP contribution is -2.55. The van der Waals surface area contributed by atoms with Gasteiger partial charge in [0.05, 0.1) is 24.0 Å². The molecule has 1 aromatic heterocycles. The van der Waals surface area contributed by atoms with Gasteiger partial charge in [0.25, 0.3) is 5.91 Å². The number of morpholine rings is 1. The van der Waals surface area contributed by atoms with Crippen molar-refractivity contribution in [3.05, 3.63) is 11.4 Å². The number of hydrogen-bond acceptors (Lipinski definition) is 5. The first-order valence-electron chi connectivity index (χ1n) is 6.26. The summed E-state index contributed by atoms with van der Waals surface area (Å²) in [5, 5.41) is 10.3. The number of amides is 1. The molecule has 7 heteroatoms. The van der Waals surface area contributed by atoms with Crippen molar-refractivity contribution in [1.29, 1.82) is 0 Å². The lowest BCUT2D eigenvalue weighted by atomic mass is 10.0. The van der Waals surface area contributed by atoms with Crippen molar-refractivity contribution in [2.75, 3.05) is 26.8 Å². The van der Waals surface area contributed by atoms with Gasteiger partial charge in [-0.25, -0.2) is 0 Å². The van der Waals surface area contributed by atoms with E-state index < -0.39 is 5.60 Å². The van der Waals surface area contributed by atoms with E-state index in [4.69, 9.17) is 9.47 Å². The fraction of sp³-hybridized carbons (Fsp3) is 0.750. The zero-order chi connectivity index (χ0) is 14.0. The van der Waals surface area contributed by atoms with Crippen LogP contribution in [0.1, 0.15) is 30.0 Å². The molecule has 1 aliphatic heterocycles. The Hall–Kier alpha value is -1.47. The van der Waals surface area contributed by atoms with Crippen LogP contribution in [-0.2, 0) is 9.47 Å². The Bertz CT molecular complexity index is 458. The molecule has 0 radical (unpaired) electrons. The smallest absolute Gasteiger partial charge is 0.276 e. The van der Waals surface area contributed by atoms with Gasteiger partial charge < -0.3 is 14.4 Å². The number of hydrogen-bond donors (Lipinski definition) is 1. The summed E-state index contributed by atoms with van der Waals surface area (Å²) in [6.07, 6.45) is -0.120. The van der Waals surface area contributed by atoms with E-state index in [0.717, 1.165) is 0 Å². The Morgan fingerprint density at radius 1 is 1.58 bits per heavy atom. The predicted octanol–water partition coefficient (Wildman–Crippen LogP) is 0.379. The molecule has 1 amide bonds. The van der Waals surface area contributed by atoms with Gasteiger partial charge in [-0.3, -0.25) is 4.79 Å². The zero-order valence-corrected chi connectivity index (χ0v) is 11.8. The highest BCUT2D eigenvalue weighted by atomic mass is 16.5. The van der Waals surface area contributed by atoms with Crippen LogP contribution in [0.25, 0.3) is 0 Å². The first-order valence-corrected chi connectivity index (χ1v) is 6.26. The number of H-pyrrole nitrogens is 1. The van der Waals surface area contributed by atoms with Crippen LogP contribution in [0.15, 0.2) is 0 Å². The van der Waals surface area contributed by atoms with Crippen molar-refractivity contribution in [3.63, 3.8) is 0 Å². The quantitative estimate of drug-likeness (QED) is 0.857. The maximum atomic E-state index is 12.4. The van der Waals surface area contributed by atoms with Crippen molar-refractivity contribution in [2.24, 2.45) is 0 Å². The number of nitrogens with one attached hydrogen (secondary N) is 1. The van der Waals surface area contributed by atoms with Crippen molar-refractivity contribution >= 4 is 5.91 Å². The van der Waals surface area contributed by atoms with Gasteiger partial charge in [0, 0.05) is 20.2 Å². The number of ether oxygens (including phenoxy) is 2. The molecule has 19 heavy (non-hydrogen) atoms. The van der Waals surface area contributed by atoms with Crippen LogP contribution in [-0.4, -0.2) is 64.7 Å². The van der Waals surface area contributed by atoms with E-state index in [-0.39, 0.29) is 12.0 Å². The molecule has 0 unspecified atom stereocenters. The van der Waals surface area contributed by atoms with Crippen molar-refractivity contribution in [1.82, 2.24) is 20.3 Å². The van der Waals surface area contributed by atoms with Crippen molar-refractivity contribution in [2.45, 2.75) is 32.5 Å². The van der Waals surface area contributed by atoms with E-state index in [2.05, 4.69) is 15.4 Å². The minimum atomic E-state index is -0.394. The lowest BCUT2D eigenvalue weighted by molar-refractivity contribution is -0.143. The van der Waals surface area contributed by atoms with E-state index in [1.807, 2.05) is 13.8 Å². The van der Waals surface area contributed by atoms with E-state index in [1.165, 1.54) is 0 Å². The molecule has 0 bridgehead atoms. The summed E-state index contributed by atoms with van der Waals surface area (Å²) in [7, 11) is 1.62. The molecule has 2 heterocycles. The average Bonchev–Trinajstić information content (AvgIpc) is 2.73. The normalized spacial score (nSPS) is 22.5. The molecule has 0 aliphatic carbocycles. The SMILES string of the molecule is COC[C@H]1CN(C(=O)c2n[nH]nc2C)CC(C)(C)O1. The molecular formula is C12H20N4O3. The van der Waals surface area contributed by atoms with Gasteiger partial charge in [-0.2, -0.15) is 15.4 Å². The second kappa shape index (κ2) is 5.26. The van der Waals surface area contributed by atoms with Gasteiger partial charge >= 0.3 is 0 Å². The van der Waals surface area contributed by atoms with Crippen LogP contribution in [0.5, 0.6) is 0 Å². The summed E-state index contributed by atoms with van der Waals surface area (Å²) in [6, 6.07) is 0. The lowest BCUT2D eigenvalue weighted by Gasteiger charge is -2.42.